The number of piperidine rings is 1. The van der Waals surface area contributed by atoms with Crippen LogP contribution in [0.3, 0.4) is 0 Å². The van der Waals surface area contributed by atoms with Crippen molar-refractivity contribution in [1.82, 2.24) is 20.5 Å². The number of hydrogen-bond donors (Lipinski definition) is 2. The van der Waals surface area contributed by atoms with Crippen LogP contribution in [0.2, 0.25) is 0 Å². The zero-order valence-electron chi connectivity index (χ0n) is 18.6. The van der Waals surface area contributed by atoms with Crippen LogP contribution in [0.15, 0.2) is 10.4 Å². The molecule has 1 aromatic heterocycles. The smallest absolute Gasteiger partial charge is 0.191 e. The minimum absolute atomic E-state index is 0. The van der Waals surface area contributed by atoms with E-state index in [1.54, 1.807) is 18.4 Å². The summed E-state index contributed by atoms with van der Waals surface area (Å²) in [5.74, 6) is 0.945. The molecule has 0 bridgehead atoms. The second kappa shape index (κ2) is 14.4. The maximum absolute atomic E-state index is 5.16. The fourth-order valence-electron chi connectivity index (χ4n) is 3.99. The molecule has 0 radical (unpaired) electrons. The lowest BCUT2D eigenvalue weighted by molar-refractivity contribution is 0.155. The molecule has 0 atom stereocenters. The molecule has 2 aliphatic heterocycles. The van der Waals surface area contributed by atoms with E-state index in [-0.39, 0.29) is 24.0 Å². The van der Waals surface area contributed by atoms with Gasteiger partial charge in [-0.15, -0.1) is 35.3 Å². The minimum Gasteiger partial charge on any atom is -0.385 e. The Labute approximate surface area is 203 Å². The van der Waals surface area contributed by atoms with E-state index in [2.05, 4.69) is 32.7 Å². The van der Waals surface area contributed by atoms with Crippen molar-refractivity contribution >= 4 is 46.4 Å². The molecule has 2 aliphatic rings. The Morgan fingerprint density at radius 1 is 1.27 bits per heavy atom. The number of anilines is 1. The van der Waals surface area contributed by atoms with E-state index in [9.17, 15) is 0 Å². The summed E-state index contributed by atoms with van der Waals surface area (Å²) in [6, 6.07) is 0.507. The number of rotatable bonds is 10. The Morgan fingerprint density at radius 2 is 2.03 bits per heavy atom. The van der Waals surface area contributed by atoms with Gasteiger partial charge in [-0.2, -0.15) is 0 Å². The Hall–Kier alpha value is -0.650. The third kappa shape index (κ3) is 8.47. The SMILES string of the molecule is CCNC(=NCCc1csc(N2CCCC2)n1)NC1CCN(CCCOC)CC1.I. The van der Waals surface area contributed by atoms with Crippen molar-refractivity contribution in [3.63, 3.8) is 0 Å². The predicted molar refractivity (Wildman–Crippen MR) is 138 cm³/mol. The van der Waals surface area contributed by atoms with Gasteiger partial charge in [0.2, 0.25) is 0 Å². The topological polar surface area (TPSA) is 65.0 Å². The van der Waals surface area contributed by atoms with Gasteiger partial charge < -0.3 is 25.2 Å². The van der Waals surface area contributed by atoms with Crippen molar-refractivity contribution in [2.75, 3.05) is 64.4 Å². The second-order valence-corrected chi connectivity index (χ2v) is 8.77. The normalized spacial score (nSPS) is 18.5. The van der Waals surface area contributed by atoms with Crippen molar-refractivity contribution in [1.29, 1.82) is 0 Å². The molecule has 1 aromatic rings. The molecule has 2 saturated heterocycles. The maximum atomic E-state index is 5.16. The molecule has 0 aromatic carbocycles. The average Bonchev–Trinajstić information content (AvgIpc) is 3.41. The van der Waals surface area contributed by atoms with Gasteiger partial charge in [-0.1, -0.05) is 0 Å². The van der Waals surface area contributed by atoms with Crippen LogP contribution >= 0.6 is 35.3 Å². The highest BCUT2D eigenvalue weighted by Crippen LogP contribution is 2.24. The van der Waals surface area contributed by atoms with E-state index in [4.69, 9.17) is 14.7 Å². The Bertz CT molecular complexity index is 614. The number of aliphatic imine (C=N–C) groups is 1. The first kappa shape index (κ1) is 25.6. The lowest BCUT2D eigenvalue weighted by Crippen LogP contribution is -2.49. The number of methoxy groups -OCH3 is 1. The number of nitrogens with one attached hydrogen (secondary N) is 2. The van der Waals surface area contributed by atoms with E-state index >= 15 is 0 Å². The molecule has 7 nitrogen and oxygen atoms in total. The van der Waals surface area contributed by atoms with Crippen LogP contribution in [0.4, 0.5) is 5.13 Å². The number of nitrogens with zero attached hydrogens (tertiary/aromatic N) is 4. The molecule has 2 N–H and O–H groups in total. The number of thiazole rings is 1. The molecule has 0 saturated carbocycles. The van der Waals surface area contributed by atoms with Crippen LogP contribution in [-0.2, 0) is 11.2 Å². The number of ether oxygens (including phenoxy) is 1. The van der Waals surface area contributed by atoms with Crippen LogP contribution in [0, 0.1) is 0 Å². The predicted octanol–water partition coefficient (Wildman–Crippen LogP) is 2.96. The third-order valence-corrected chi connectivity index (χ3v) is 6.60. The van der Waals surface area contributed by atoms with Gasteiger partial charge >= 0.3 is 0 Å². The molecule has 30 heavy (non-hydrogen) atoms. The summed E-state index contributed by atoms with van der Waals surface area (Å²) in [5, 5.41) is 10.4. The summed E-state index contributed by atoms with van der Waals surface area (Å²) in [5.41, 5.74) is 1.17. The number of halogens is 1. The molecule has 2 fully saturated rings. The molecular formula is C21H39IN6OS. The largest absolute Gasteiger partial charge is 0.385 e. The van der Waals surface area contributed by atoms with Crippen molar-refractivity contribution in [3.05, 3.63) is 11.1 Å². The van der Waals surface area contributed by atoms with E-state index < -0.39 is 0 Å². The molecule has 0 spiro atoms. The Morgan fingerprint density at radius 3 is 2.73 bits per heavy atom. The van der Waals surface area contributed by atoms with Crippen LogP contribution in [-0.4, -0.2) is 81.4 Å². The van der Waals surface area contributed by atoms with Crippen molar-refractivity contribution < 1.29 is 4.74 Å². The summed E-state index contributed by atoms with van der Waals surface area (Å²) in [4.78, 5) is 14.6. The van der Waals surface area contributed by atoms with Gasteiger partial charge in [0.1, 0.15) is 0 Å². The molecule has 3 heterocycles. The van der Waals surface area contributed by atoms with Gasteiger partial charge in [-0.25, -0.2) is 4.98 Å². The zero-order valence-corrected chi connectivity index (χ0v) is 21.7. The molecule has 9 heteroatoms. The summed E-state index contributed by atoms with van der Waals surface area (Å²) >= 11 is 1.77. The summed E-state index contributed by atoms with van der Waals surface area (Å²) in [6.45, 7) is 10.4. The summed E-state index contributed by atoms with van der Waals surface area (Å²) in [6.07, 6.45) is 6.95. The van der Waals surface area contributed by atoms with Gasteiger partial charge in [0, 0.05) is 77.4 Å². The van der Waals surface area contributed by atoms with Crippen molar-refractivity contribution in [2.24, 2.45) is 4.99 Å². The van der Waals surface area contributed by atoms with Gasteiger partial charge in [0.15, 0.2) is 11.1 Å². The molecule has 3 rings (SSSR count). The minimum atomic E-state index is 0. The first-order valence-electron chi connectivity index (χ1n) is 11.2. The molecule has 0 amide bonds. The van der Waals surface area contributed by atoms with Crippen LogP contribution in [0.25, 0.3) is 0 Å². The van der Waals surface area contributed by atoms with Gasteiger partial charge in [0.25, 0.3) is 0 Å². The van der Waals surface area contributed by atoms with Crippen molar-refractivity contribution in [3.8, 4) is 0 Å². The fourth-order valence-corrected chi connectivity index (χ4v) is 4.91. The van der Waals surface area contributed by atoms with E-state index in [1.807, 2.05) is 0 Å². The average molecular weight is 551 g/mol. The first-order chi connectivity index (χ1) is 14.3. The van der Waals surface area contributed by atoms with Gasteiger partial charge in [0.05, 0.1) is 5.69 Å². The van der Waals surface area contributed by atoms with E-state index in [0.717, 1.165) is 71.2 Å². The second-order valence-electron chi connectivity index (χ2n) is 7.93. The van der Waals surface area contributed by atoms with Gasteiger partial charge in [-0.3, -0.25) is 4.99 Å². The first-order valence-corrected chi connectivity index (χ1v) is 12.1. The fraction of sp³-hybridized carbons (Fsp3) is 0.810. The number of guanidine groups is 1. The number of hydrogen-bond acceptors (Lipinski definition) is 6. The number of aromatic nitrogens is 1. The lowest BCUT2D eigenvalue weighted by atomic mass is 10.1. The summed E-state index contributed by atoms with van der Waals surface area (Å²) in [7, 11) is 1.78. The van der Waals surface area contributed by atoms with Crippen LogP contribution in [0.1, 0.15) is 44.7 Å². The monoisotopic (exact) mass is 550 g/mol. The quantitative estimate of drug-likeness (QED) is 0.202. The standard InChI is InChI=1S/C21H38N6OS.HI/c1-3-22-20(24-18-8-14-26(15-9-18)11-6-16-28-2)23-10-7-19-17-29-21(25-19)27-12-4-5-13-27;/h17-18H,3-16H2,1-2H3,(H2,22,23,24);1H. The highest BCUT2D eigenvalue weighted by Gasteiger charge is 2.19. The number of likely N-dealkylation sites (tertiary alicyclic amines) is 1. The molecule has 172 valence electrons. The zero-order chi connectivity index (χ0) is 20.3. The van der Waals surface area contributed by atoms with E-state index in [1.165, 1.54) is 36.5 Å². The Balaban J connectivity index is 0.00000320. The highest BCUT2D eigenvalue weighted by molar-refractivity contribution is 14.0. The van der Waals surface area contributed by atoms with Crippen molar-refractivity contribution in [2.45, 2.75) is 51.5 Å². The third-order valence-electron chi connectivity index (χ3n) is 5.65. The highest BCUT2D eigenvalue weighted by atomic mass is 127. The molecule has 0 aliphatic carbocycles. The lowest BCUT2D eigenvalue weighted by Gasteiger charge is -2.33. The molecule has 0 unspecified atom stereocenters. The van der Waals surface area contributed by atoms with E-state index in [0.29, 0.717) is 6.04 Å². The van der Waals surface area contributed by atoms with Crippen LogP contribution < -0.4 is 15.5 Å². The Kier molecular flexibility index (Phi) is 12.3. The maximum Gasteiger partial charge on any atom is 0.191 e. The summed E-state index contributed by atoms with van der Waals surface area (Å²) < 4.78 is 5.16. The van der Waals surface area contributed by atoms with Crippen LogP contribution in [0.5, 0.6) is 0 Å². The van der Waals surface area contributed by atoms with Gasteiger partial charge in [-0.05, 0) is 39.0 Å². The molecular weight excluding hydrogens is 511 g/mol.